The average molecular weight is 544 g/mol. The molecule has 2 atom stereocenters. The molecular weight excluding hydrogens is 514 g/mol. The van der Waals surface area contributed by atoms with Crippen molar-refractivity contribution >= 4 is 40.9 Å². The first kappa shape index (κ1) is 27.6. The smallest absolute Gasteiger partial charge is 0.248 e. The Morgan fingerprint density at radius 3 is 2.59 bits per heavy atom. The predicted octanol–water partition coefficient (Wildman–Crippen LogP) is 4.46. The molecule has 200 valence electrons. The van der Waals surface area contributed by atoms with Crippen LogP contribution in [0, 0.1) is 12.3 Å². The molecule has 1 aliphatic rings. The second-order valence-corrected chi connectivity index (χ2v) is 10.0. The van der Waals surface area contributed by atoms with E-state index < -0.39 is 16.5 Å². The molecule has 8 nitrogen and oxygen atoms in total. The molecule has 0 unspecified atom stereocenters. The van der Waals surface area contributed by atoms with Crippen LogP contribution in [-0.4, -0.2) is 41.2 Å². The molecule has 3 N–H and O–H groups in total. The van der Waals surface area contributed by atoms with Crippen molar-refractivity contribution < 1.29 is 24.2 Å². The first-order valence-corrected chi connectivity index (χ1v) is 13.4. The van der Waals surface area contributed by atoms with Crippen molar-refractivity contribution in [3.05, 3.63) is 83.4 Å². The molecule has 3 aromatic carbocycles. The van der Waals surface area contributed by atoms with Gasteiger partial charge in [-0.05, 0) is 50.2 Å². The first-order chi connectivity index (χ1) is 18.8. The summed E-state index contributed by atoms with van der Waals surface area (Å²) >= 11 is 1.34. The Balaban J connectivity index is 1.68. The fourth-order valence-corrected chi connectivity index (χ4v) is 6.00. The summed E-state index contributed by atoms with van der Waals surface area (Å²) in [5.41, 5.74) is 8.19. The molecule has 1 aliphatic heterocycles. The molecule has 0 bridgehead atoms. The van der Waals surface area contributed by atoms with Crippen molar-refractivity contribution in [1.29, 1.82) is 0 Å². The fourth-order valence-electron chi connectivity index (χ4n) is 4.52. The zero-order valence-electron chi connectivity index (χ0n) is 21.7. The lowest BCUT2D eigenvalue weighted by atomic mass is 10.1. The summed E-state index contributed by atoms with van der Waals surface area (Å²) in [5.74, 6) is 1.80. The van der Waals surface area contributed by atoms with Gasteiger partial charge in [-0.15, -0.1) is 18.2 Å². The fraction of sp³-hybridized carbons (Fsp3) is 0.233. The summed E-state index contributed by atoms with van der Waals surface area (Å²) in [6.07, 6.45) is 5.70. The Morgan fingerprint density at radius 1 is 1.13 bits per heavy atom. The number of carbonyl (C=O) groups excluding carboxylic acids is 3. The van der Waals surface area contributed by atoms with Crippen LogP contribution in [0.15, 0.2) is 66.7 Å². The van der Waals surface area contributed by atoms with Gasteiger partial charge in [-0.2, -0.15) is 0 Å². The minimum absolute atomic E-state index is 0.0190. The quantitative estimate of drug-likeness (QED) is 0.385. The van der Waals surface area contributed by atoms with Crippen LogP contribution in [0.25, 0.3) is 0 Å². The molecule has 0 aromatic heterocycles. The highest BCUT2D eigenvalue weighted by molar-refractivity contribution is 8.01. The Bertz CT molecular complexity index is 1450. The molecule has 39 heavy (non-hydrogen) atoms. The van der Waals surface area contributed by atoms with Crippen molar-refractivity contribution in [2.75, 3.05) is 23.0 Å². The summed E-state index contributed by atoms with van der Waals surface area (Å²) in [7, 11) is 0. The number of benzene rings is 3. The second kappa shape index (κ2) is 12.0. The van der Waals surface area contributed by atoms with Crippen LogP contribution in [0.1, 0.15) is 47.1 Å². The van der Waals surface area contributed by atoms with Crippen LogP contribution < -0.4 is 20.3 Å². The number of rotatable bonds is 9. The van der Waals surface area contributed by atoms with E-state index >= 15 is 0 Å². The maximum Gasteiger partial charge on any atom is 0.248 e. The number of nitrogens with zero attached hydrogens (tertiary/aromatic N) is 2. The lowest BCUT2D eigenvalue weighted by Crippen LogP contribution is -2.36. The highest BCUT2D eigenvalue weighted by atomic mass is 32.2. The highest BCUT2D eigenvalue weighted by Gasteiger charge is 2.44. The van der Waals surface area contributed by atoms with E-state index in [4.69, 9.17) is 16.9 Å². The number of ether oxygens (including phenoxy) is 1. The predicted molar refractivity (Wildman–Crippen MR) is 153 cm³/mol. The van der Waals surface area contributed by atoms with Gasteiger partial charge in [0.2, 0.25) is 17.7 Å². The van der Waals surface area contributed by atoms with Crippen molar-refractivity contribution in [3.8, 4) is 23.8 Å². The normalized spacial score (nSPS) is 16.5. The number of thioether (sulfide) groups is 1. The number of anilines is 2. The number of amides is 3. The van der Waals surface area contributed by atoms with Gasteiger partial charge < -0.3 is 20.5 Å². The summed E-state index contributed by atoms with van der Waals surface area (Å²) in [4.78, 5) is 42.4. The number of primary amides is 1. The SMILES string of the molecule is C#Cc1ccccc1[C@@H]1S[C@H](CC(=O)N(CC)c2ccc(O)c(OCC)c2)C(=O)N1c1cccc(C(N)=O)c1. The number of phenols is 1. The third-order valence-corrected chi connectivity index (χ3v) is 7.78. The number of hydrogen-bond acceptors (Lipinski definition) is 6. The Labute approximate surface area is 231 Å². The standard InChI is InChI=1S/C30H29N3O5S/c1-4-19-10-7-8-13-23(19)30-33(22-12-9-11-20(16-22)28(31)36)29(37)26(39-30)18-27(35)32(5-2)21-14-15-24(34)25(17-21)38-6-3/h1,7-17,26,30,34H,5-6,18H2,2-3H3,(H2,31,36)/t26-,30+/m1/s1. The maximum absolute atomic E-state index is 13.9. The van der Waals surface area contributed by atoms with Gasteiger partial charge in [0.1, 0.15) is 5.37 Å². The van der Waals surface area contributed by atoms with Crippen molar-refractivity contribution in [1.82, 2.24) is 0 Å². The Kier molecular flexibility index (Phi) is 8.47. The first-order valence-electron chi connectivity index (χ1n) is 12.5. The minimum Gasteiger partial charge on any atom is -0.504 e. The molecule has 9 heteroatoms. The topological polar surface area (TPSA) is 113 Å². The number of carbonyl (C=O) groups is 3. The van der Waals surface area contributed by atoms with Gasteiger partial charge in [-0.1, -0.05) is 30.2 Å². The van der Waals surface area contributed by atoms with Crippen LogP contribution in [-0.2, 0) is 9.59 Å². The average Bonchev–Trinajstić information content (AvgIpc) is 3.26. The summed E-state index contributed by atoms with van der Waals surface area (Å²) in [5, 5.41) is 8.85. The Hall–Kier alpha value is -4.42. The third kappa shape index (κ3) is 5.71. The molecule has 0 radical (unpaired) electrons. The van der Waals surface area contributed by atoms with E-state index in [2.05, 4.69) is 5.92 Å². The van der Waals surface area contributed by atoms with E-state index in [9.17, 15) is 19.5 Å². The summed E-state index contributed by atoms with van der Waals surface area (Å²) in [6.45, 7) is 4.35. The number of nitrogens with two attached hydrogens (primary N) is 1. The van der Waals surface area contributed by atoms with E-state index in [0.717, 1.165) is 5.56 Å². The summed E-state index contributed by atoms with van der Waals surface area (Å²) in [6, 6.07) is 18.6. The maximum atomic E-state index is 13.9. The molecule has 3 aromatic rings. The van der Waals surface area contributed by atoms with Gasteiger partial charge in [0.05, 0.1) is 11.9 Å². The van der Waals surface area contributed by atoms with Gasteiger partial charge in [-0.25, -0.2) is 0 Å². The van der Waals surface area contributed by atoms with Crippen LogP contribution in [0.4, 0.5) is 11.4 Å². The van der Waals surface area contributed by atoms with Crippen molar-refractivity contribution in [2.24, 2.45) is 5.73 Å². The van der Waals surface area contributed by atoms with Gasteiger partial charge in [0.25, 0.3) is 0 Å². The van der Waals surface area contributed by atoms with Crippen LogP contribution >= 0.6 is 11.8 Å². The highest BCUT2D eigenvalue weighted by Crippen LogP contribution is 2.48. The van der Waals surface area contributed by atoms with Gasteiger partial charge >= 0.3 is 0 Å². The van der Waals surface area contributed by atoms with Gasteiger partial charge in [0, 0.05) is 47.1 Å². The van der Waals surface area contributed by atoms with Crippen LogP contribution in [0.5, 0.6) is 11.5 Å². The molecule has 1 saturated heterocycles. The lowest BCUT2D eigenvalue weighted by molar-refractivity contribution is -0.123. The van der Waals surface area contributed by atoms with E-state index in [1.165, 1.54) is 17.8 Å². The van der Waals surface area contributed by atoms with Crippen LogP contribution in [0.2, 0.25) is 0 Å². The van der Waals surface area contributed by atoms with Gasteiger partial charge in [0.15, 0.2) is 11.5 Å². The zero-order chi connectivity index (χ0) is 28.1. The molecule has 1 heterocycles. The van der Waals surface area contributed by atoms with E-state index in [1.807, 2.05) is 25.1 Å². The van der Waals surface area contributed by atoms with Crippen molar-refractivity contribution in [2.45, 2.75) is 30.9 Å². The van der Waals surface area contributed by atoms with Crippen LogP contribution in [0.3, 0.4) is 0 Å². The molecule has 0 aliphatic carbocycles. The number of terminal acetylenes is 1. The zero-order valence-corrected chi connectivity index (χ0v) is 22.5. The molecule has 1 fully saturated rings. The van der Waals surface area contributed by atoms with Gasteiger partial charge in [-0.3, -0.25) is 19.3 Å². The molecular formula is C30H29N3O5S. The summed E-state index contributed by atoms with van der Waals surface area (Å²) < 4.78 is 5.47. The molecule has 4 rings (SSSR count). The van der Waals surface area contributed by atoms with E-state index in [-0.39, 0.29) is 35.3 Å². The van der Waals surface area contributed by atoms with Crippen molar-refractivity contribution in [3.63, 3.8) is 0 Å². The number of aromatic hydroxyl groups is 1. The number of phenolic OH excluding ortho intramolecular Hbond substituents is 1. The number of hydrogen-bond donors (Lipinski definition) is 2. The van der Waals surface area contributed by atoms with E-state index in [1.54, 1.807) is 59.2 Å². The minimum atomic E-state index is -0.705. The molecule has 0 spiro atoms. The lowest BCUT2D eigenvalue weighted by Gasteiger charge is -2.25. The molecule has 3 amide bonds. The second-order valence-electron chi connectivity index (χ2n) is 8.76. The third-order valence-electron chi connectivity index (χ3n) is 6.36. The van der Waals surface area contributed by atoms with E-state index in [0.29, 0.717) is 30.1 Å². The molecule has 0 saturated carbocycles. The monoisotopic (exact) mass is 543 g/mol. The largest absolute Gasteiger partial charge is 0.504 e. The Morgan fingerprint density at radius 2 is 1.90 bits per heavy atom.